The molecule has 2 rings (SSSR count). The highest BCUT2D eigenvalue weighted by molar-refractivity contribution is 8.00. The molecule has 0 aliphatic heterocycles. The minimum absolute atomic E-state index is 0.124. The van der Waals surface area contributed by atoms with Gasteiger partial charge >= 0.3 is 0 Å². The van der Waals surface area contributed by atoms with Crippen LogP contribution in [-0.2, 0) is 11.2 Å². The summed E-state index contributed by atoms with van der Waals surface area (Å²) in [7, 11) is 0. The Morgan fingerprint density at radius 3 is 2.58 bits per heavy atom. The number of carbonyl (C=O) groups excluding carboxylic acids is 1. The number of rotatable bonds is 6. The molecule has 0 fully saturated rings. The van der Waals surface area contributed by atoms with E-state index in [1.165, 1.54) is 17.3 Å². The Morgan fingerprint density at radius 1 is 1.25 bits per heavy atom. The minimum Gasteiger partial charge on any atom is -0.325 e. The Kier molecular flexibility index (Phi) is 6.33. The Labute approximate surface area is 146 Å². The third-order valence-electron chi connectivity index (χ3n) is 3.40. The molecule has 0 radical (unpaired) electrons. The molecule has 1 heterocycles. The first-order chi connectivity index (χ1) is 11.5. The van der Waals surface area contributed by atoms with E-state index in [9.17, 15) is 10.1 Å². The predicted octanol–water partition coefficient (Wildman–Crippen LogP) is 3.65. The second-order valence-electron chi connectivity index (χ2n) is 5.43. The number of nitriles is 1. The van der Waals surface area contributed by atoms with Crippen LogP contribution in [0.15, 0.2) is 29.3 Å². The summed E-state index contributed by atoms with van der Waals surface area (Å²) in [5, 5.41) is 12.6. The maximum absolute atomic E-state index is 12.1. The second-order valence-corrected chi connectivity index (χ2v) is 6.40. The number of hydrogen-bond acceptors (Lipinski definition) is 5. The lowest BCUT2D eigenvalue weighted by molar-refractivity contribution is -0.113. The van der Waals surface area contributed by atoms with Gasteiger partial charge in [0.1, 0.15) is 22.5 Å². The molecule has 0 saturated heterocycles. The van der Waals surface area contributed by atoms with Gasteiger partial charge in [-0.3, -0.25) is 4.79 Å². The Morgan fingerprint density at radius 2 is 1.96 bits per heavy atom. The summed E-state index contributed by atoms with van der Waals surface area (Å²) in [6.45, 7) is 5.68. The van der Waals surface area contributed by atoms with Gasteiger partial charge in [0, 0.05) is 5.69 Å². The molecule has 1 N–H and O–H groups in total. The highest BCUT2D eigenvalue weighted by atomic mass is 32.2. The van der Waals surface area contributed by atoms with Gasteiger partial charge in [0.05, 0.1) is 11.4 Å². The van der Waals surface area contributed by atoms with Gasteiger partial charge in [0.25, 0.3) is 0 Å². The number of nitrogens with one attached hydrogen (secondary N) is 1. The molecular formula is C18H20N4OS. The standard InChI is InChI=1S/C18H20N4OS/c1-4-5-14-6-8-15(9-7-14)22-17(23)11-24-18-16(10-19)12(2)20-13(3)21-18/h6-9H,4-5,11H2,1-3H3,(H,22,23). The zero-order chi connectivity index (χ0) is 17.5. The number of hydrogen-bond donors (Lipinski definition) is 1. The fraction of sp³-hybridized carbons (Fsp3) is 0.333. The molecule has 1 amide bonds. The first-order valence-electron chi connectivity index (χ1n) is 7.80. The van der Waals surface area contributed by atoms with E-state index in [1.54, 1.807) is 13.8 Å². The average molecular weight is 340 g/mol. The largest absolute Gasteiger partial charge is 0.325 e. The molecule has 24 heavy (non-hydrogen) atoms. The van der Waals surface area contributed by atoms with Gasteiger partial charge in [-0.15, -0.1) is 0 Å². The van der Waals surface area contributed by atoms with Gasteiger partial charge in [-0.05, 0) is 38.0 Å². The number of thioether (sulfide) groups is 1. The van der Waals surface area contributed by atoms with Crippen molar-refractivity contribution in [3.05, 3.63) is 46.9 Å². The van der Waals surface area contributed by atoms with Crippen molar-refractivity contribution in [2.75, 3.05) is 11.1 Å². The van der Waals surface area contributed by atoms with E-state index in [4.69, 9.17) is 0 Å². The molecule has 124 valence electrons. The van der Waals surface area contributed by atoms with E-state index in [1.807, 2.05) is 24.3 Å². The Hall–Kier alpha value is -2.39. The number of aromatic nitrogens is 2. The third kappa shape index (κ3) is 4.80. The van der Waals surface area contributed by atoms with Gasteiger partial charge in [0.15, 0.2) is 0 Å². The zero-order valence-corrected chi connectivity index (χ0v) is 14.9. The SMILES string of the molecule is CCCc1ccc(NC(=O)CSc2nc(C)nc(C)c2C#N)cc1. The van der Waals surface area contributed by atoms with Gasteiger partial charge in [-0.2, -0.15) is 5.26 Å². The molecule has 0 atom stereocenters. The van der Waals surface area contributed by atoms with Crippen LogP contribution < -0.4 is 5.32 Å². The molecule has 0 saturated carbocycles. The molecule has 0 spiro atoms. The predicted molar refractivity (Wildman–Crippen MR) is 96.0 cm³/mol. The van der Waals surface area contributed by atoms with Gasteiger partial charge < -0.3 is 5.32 Å². The van der Waals surface area contributed by atoms with Crippen molar-refractivity contribution in [3.63, 3.8) is 0 Å². The normalized spacial score (nSPS) is 10.2. The lowest BCUT2D eigenvalue weighted by atomic mass is 10.1. The summed E-state index contributed by atoms with van der Waals surface area (Å²) in [6.07, 6.45) is 2.13. The quantitative estimate of drug-likeness (QED) is 0.641. The summed E-state index contributed by atoms with van der Waals surface area (Å²) in [5.41, 5.74) is 3.10. The van der Waals surface area contributed by atoms with E-state index in [0.29, 0.717) is 22.1 Å². The highest BCUT2D eigenvalue weighted by Gasteiger charge is 2.12. The Bertz CT molecular complexity index is 766. The highest BCUT2D eigenvalue weighted by Crippen LogP contribution is 2.22. The van der Waals surface area contributed by atoms with E-state index in [-0.39, 0.29) is 11.7 Å². The number of amides is 1. The lowest BCUT2D eigenvalue weighted by Gasteiger charge is -2.08. The molecule has 0 aliphatic carbocycles. The number of anilines is 1. The second kappa shape index (κ2) is 8.46. The lowest BCUT2D eigenvalue weighted by Crippen LogP contribution is -2.14. The summed E-state index contributed by atoms with van der Waals surface area (Å²) < 4.78 is 0. The summed E-state index contributed by atoms with van der Waals surface area (Å²) in [5.74, 6) is 0.670. The fourth-order valence-corrected chi connectivity index (χ4v) is 3.16. The Balaban J connectivity index is 1.97. The van der Waals surface area contributed by atoms with E-state index >= 15 is 0 Å². The molecule has 0 unspecified atom stereocenters. The molecule has 1 aromatic heterocycles. The van der Waals surface area contributed by atoms with Gasteiger partial charge in [0.2, 0.25) is 5.91 Å². The van der Waals surface area contributed by atoms with Crippen LogP contribution in [0.2, 0.25) is 0 Å². The van der Waals surface area contributed by atoms with Crippen molar-refractivity contribution in [2.24, 2.45) is 0 Å². The first-order valence-corrected chi connectivity index (χ1v) is 8.79. The summed E-state index contributed by atoms with van der Waals surface area (Å²) >= 11 is 1.25. The molecule has 6 heteroatoms. The summed E-state index contributed by atoms with van der Waals surface area (Å²) in [4.78, 5) is 20.5. The maximum Gasteiger partial charge on any atom is 0.234 e. The van der Waals surface area contributed by atoms with Crippen molar-refractivity contribution in [2.45, 2.75) is 38.6 Å². The number of aryl methyl sites for hydroxylation is 3. The van der Waals surface area contributed by atoms with Crippen LogP contribution in [0.5, 0.6) is 0 Å². The molecular weight excluding hydrogens is 320 g/mol. The fourth-order valence-electron chi connectivity index (χ4n) is 2.29. The van der Waals surface area contributed by atoms with Crippen LogP contribution in [-0.4, -0.2) is 21.6 Å². The molecule has 5 nitrogen and oxygen atoms in total. The van der Waals surface area contributed by atoms with Gasteiger partial charge in [-0.25, -0.2) is 9.97 Å². The topological polar surface area (TPSA) is 78.7 Å². The van der Waals surface area contributed by atoms with Crippen molar-refractivity contribution in [1.29, 1.82) is 5.26 Å². The average Bonchev–Trinajstić information content (AvgIpc) is 2.54. The van der Waals surface area contributed by atoms with Crippen LogP contribution >= 0.6 is 11.8 Å². The van der Waals surface area contributed by atoms with Crippen LogP contribution in [0.25, 0.3) is 0 Å². The van der Waals surface area contributed by atoms with E-state index in [2.05, 4.69) is 28.3 Å². The molecule has 0 bridgehead atoms. The molecule has 1 aromatic carbocycles. The van der Waals surface area contributed by atoms with Crippen LogP contribution in [0, 0.1) is 25.2 Å². The maximum atomic E-state index is 12.1. The van der Waals surface area contributed by atoms with Gasteiger partial charge in [-0.1, -0.05) is 37.2 Å². The van der Waals surface area contributed by atoms with Crippen molar-refractivity contribution < 1.29 is 4.79 Å². The first kappa shape index (κ1) is 18.0. The van der Waals surface area contributed by atoms with Crippen LogP contribution in [0.4, 0.5) is 5.69 Å². The van der Waals surface area contributed by atoms with Crippen LogP contribution in [0.1, 0.15) is 36.0 Å². The third-order valence-corrected chi connectivity index (χ3v) is 4.37. The number of nitrogens with zero attached hydrogens (tertiary/aromatic N) is 3. The zero-order valence-electron chi connectivity index (χ0n) is 14.1. The number of benzene rings is 1. The van der Waals surface area contributed by atoms with E-state index in [0.717, 1.165) is 18.5 Å². The molecule has 0 aliphatic rings. The van der Waals surface area contributed by atoms with Crippen molar-refractivity contribution >= 4 is 23.4 Å². The van der Waals surface area contributed by atoms with Crippen LogP contribution in [0.3, 0.4) is 0 Å². The smallest absolute Gasteiger partial charge is 0.234 e. The minimum atomic E-state index is -0.124. The number of carbonyl (C=O) groups is 1. The van der Waals surface area contributed by atoms with E-state index < -0.39 is 0 Å². The summed E-state index contributed by atoms with van der Waals surface area (Å²) in [6, 6.07) is 9.98. The molecule has 2 aromatic rings. The van der Waals surface area contributed by atoms with Crippen molar-refractivity contribution in [3.8, 4) is 6.07 Å². The van der Waals surface area contributed by atoms with Crippen molar-refractivity contribution in [1.82, 2.24) is 9.97 Å². The monoisotopic (exact) mass is 340 g/mol.